The van der Waals surface area contributed by atoms with E-state index in [1.54, 1.807) is 0 Å². The number of ether oxygens (including phenoxy) is 1. The van der Waals surface area contributed by atoms with Crippen LogP contribution in [0.1, 0.15) is 24.8 Å². The normalized spacial score (nSPS) is 19.3. The molecule has 1 fully saturated rings. The van der Waals surface area contributed by atoms with E-state index >= 15 is 0 Å². The SMILES string of the molecule is CC1=C(N2CCOCC2)C=CCC1c1cccc2nc(-c3cnc4ccccc4c3)[nH]c12. The van der Waals surface area contributed by atoms with Crippen LogP contribution in [0.5, 0.6) is 0 Å². The van der Waals surface area contributed by atoms with Crippen LogP contribution >= 0.6 is 0 Å². The van der Waals surface area contributed by atoms with E-state index in [9.17, 15) is 0 Å². The van der Waals surface area contributed by atoms with Crippen molar-refractivity contribution in [1.29, 1.82) is 0 Å². The van der Waals surface area contributed by atoms with Gasteiger partial charge in [-0.15, -0.1) is 0 Å². The van der Waals surface area contributed by atoms with Crippen LogP contribution in [0, 0.1) is 0 Å². The number of hydrogen-bond donors (Lipinski definition) is 1. The Morgan fingerprint density at radius 3 is 2.78 bits per heavy atom. The summed E-state index contributed by atoms with van der Waals surface area (Å²) in [6, 6.07) is 16.8. The molecule has 5 nitrogen and oxygen atoms in total. The van der Waals surface area contributed by atoms with E-state index in [0.29, 0.717) is 5.92 Å². The van der Waals surface area contributed by atoms with Crippen LogP contribution in [0.2, 0.25) is 0 Å². The van der Waals surface area contributed by atoms with Crippen molar-refractivity contribution >= 4 is 21.9 Å². The summed E-state index contributed by atoms with van der Waals surface area (Å²) in [6.45, 7) is 5.79. The Morgan fingerprint density at radius 1 is 1.03 bits per heavy atom. The van der Waals surface area contributed by atoms with Gasteiger partial charge in [-0.05, 0) is 48.8 Å². The fourth-order valence-electron chi connectivity index (χ4n) is 5.00. The molecule has 0 bridgehead atoms. The van der Waals surface area contributed by atoms with Gasteiger partial charge in [0.05, 0.1) is 29.8 Å². The average Bonchev–Trinajstić information content (AvgIpc) is 3.29. The molecule has 160 valence electrons. The van der Waals surface area contributed by atoms with E-state index < -0.39 is 0 Å². The van der Waals surface area contributed by atoms with Gasteiger partial charge in [0.15, 0.2) is 0 Å². The first-order valence-corrected chi connectivity index (χ1v) is 11.3. The van der Waals surface area contributed by atoms with Crippen LogP contribution in [0.4, 0.5) is 0 Å². The van der Waals surface area contributed by atoms with Gasteiger partial charge in [0.2, 0.25) is 0 Å². The molecule has 5 heteroatoms. The number of fused-ring (bicyclic) bond motifs is 2. The molecule has 0 radical (unpaired) electrons. The first kappa shape index (κ1) is 19.3. The van der Waals surface area contributed by atoms with Crippen LogP contribution in [-0.2, 0) is 4.74 Å². The molecule has 1 aliphatic heterocycles. The molecule has 1 aliphatic carbocycles. The summed E-state index contributed by atoms with van der Waals surface area (Å²) < 4.78 is 5.56. The van der Waals surface area contributed by atoms with E-state index in [1.165, 1.54) is 16.8 Å². The summed E-state index contributed by atoms with van der Waals surface area (Å²) in [4.78, 5) is 15.6. The van der Waals surface area contributed by atoms with E-state index in [0.717, 1.165) is 66.0 Å². The standard InChI is InChI=1S/C27H26N4O/c1-18-21(7-5-11-25(18)31-12-14-32-15-13-31)22-8-4-10-24-26(22)30-27(29-24)20-16-19-6-2-3-9-23(19)28-17-20/h2-6,8-11,16-17,21H,7,12-15H2,1H3,(H,29,30). The van der Waals surface area contributed by atoms with Crippen molar-refractivity contribution < 1.29 is 4.74 Å². The van der Waals surface area contributed by atoms with Crippen LogP contribution in [0.15, 0.2) is 78.1 Å². The Morgan fingerprint density at radius 2 is 1.88 bits per heavy atom. The summed E-state index contributed by atoms with van der Waals surface area (Å²) in [5, 5.41) is 1.12. The second kappa shape index (κ2) is 7.92. The van der Waals surface area contributed by atoms with Crippen molar-refractivity contribution in [3.05, 3.63) is 83.7 Å². The number of aromatic amines is 1. The molecule has 3 heterocycles. The summed E-state index contributed by atoms with van der Waals surface area (Å²) >= 11 is 0. The minimum absolute atomic E-state index is 0.338. The van der Waals surface area contributed by atoms with Crippen LogP contribution in [-0.4, -0.2) is 46.2 Å². The third-order valence-corrected chi connectivity index (χ3v) is 6.72. The fraction of sp³-hybridized carbons (Fsp3) is 0.259. The minimum atomic E-state index is 0.338. The van der Waals surface area contributed by atoms with E-state index in [4.69, 9.17) is 9.72 Å². The molecule has 32 heavy (non-hydrogen) atoms. The smallest absolute Gasteiger partial charge is 0.140 e. The minimum Gasteiger partial charge on any atom is -0.378 e. The van der Waals surface area contributed by atoms with Crippen molar-refractivity contribution in [1.82, 2.24) is 19.9 Å². The molecule has 4 aromatic rings. The average molecular weight is 423 g/mol. The number of hydrogen-bond acceptors (Lipinski definition) is 4. The number of H-pyrrole nitrogens is 1. The molecule has 0 spiro atoms. The maximum atomic E-state index is 5.56. The van der Waals surface area contributed by atoms with E-state index in [1.807, 2.05) is 24.4 Å². The Balaban J connectivity index is 1.41. The van der Waals surface area contributed by atoms with E-state index in [2.05, 4.69) is 64.3 Å². The lowest BCUT2D eigenvalue weighted by Gasteiger charge is -2.34. The van der Waals surface area contributed by atoms with Crippen molar-refractivity contribution in [2.24, 2.45) is 0 Å². The molecule has 6 rings (SSSR count). The zero-order chi connectivity index (χ0) is 21.5. The molecule has 1 unspecified atom stereocenters. The molecule has 0 saturated carbocycles. The van der Waals surface area contributed by atoms with Crippen LogP contribution in [0.3, 0.4) is 0 Å². The van der Waals surface area contributed by atoms with Crippen molar-refractivity contribution in [2.45, 2.75) is 19.3 Å². The second-order valence-corrected chi connectivity index (χ2v) is 8.60. The van der Waals surface area contributed by atoms with Crippen molar-refractivity contribution in [3.8, 4) is 11.4 Å². The number of aromatic nitrogens is 3. The Hall–Kier alpha value is -3.44. The number of rotatable bonds is 3. The van der Waals surface area contributed by atoms with Gasteiger partial charge in [0.1, 0.15) is 5.82 Å². The van der Waals surface area contributed by atoms with Crippen molar-refractivity contribution in [3.63, 3.8) is 0 Å². The Kier molecular flexibility index (Phi) is 4.76. The molecule has 0 amide bonds. The lowest BCUT2D eigenvalue weighted by Crippen LogP contribution is -2.36. The molecule has 1 saturated heterocycles. The Bertz CT molecular complexity index is 1360. The number of nitrogens with zero attached hydrogens (tertiary/aromatic N) is 3. The number of para-hydroxylation sites is 2. The summed E-state index contributed by atoms with van der Waals surface area (Å²) in [6.07, 6.45) is 7.51. The van der Waals surface area contributed by atoms with Gasteiger partial charge in [-0.2, -0.15) is 0 Å². The number of nitrogens with one attached hydrogen (secondary N) is 1. The van der Waals surface area contributed by atoms with Crippen LogP contribution in [0.25, 0.3) is 33.3 Å². The number of imidazole rings is 1. The number of benzene rings is 2. The predicted octanol–water partition coefficient (Wildman–Crippen LogP) is 5.43. The lowest BCUT2D eigenvalue weighted by atomic mass is 9.84. The third kappa shape index (κ3) is 3.30. The monoisotopic (exact) mass is 422 g/mol. The van der Waals surface area contributed by atoms with Gasteiger partial charge in [-0.3, -0.25) is 4.98 Å². The molecule has 1 N–H and O–H groups in total. The zero-order valence-electron chi connectivity index (χ0n) is 18.2. The highest BCUT2D eigenvalue weighted by atomic mass is 16.5. The second-order valence-electron chi connectivity index (χ2n) is 8.60. The number of allylic oxidation sites excluding steroid dienone is 3. The third-order valence-electron chi connectivity index (χ3n) is 6.72. The molecule has 2 aromatic carbocycles. The van der Waals surface area contributed by atoms with Gasteiger partial charge in [-0.1, -0.05) is 36.4 Å². The first-order chi connectivity index (χ1) is 15.8. The van der Waals surface area contributed by atoms with E-state index in [-0.39, 0.29) is 0 Å². The van der Waals surface area contributed by atoms with Gasteiger partial charge in [0.25, 0.3) is 0 Å². The Labute approximate surface area is 187 Å². The molecule has 1 atom stereocenters. The summed E-state index contributed by atoms with van der Waals surface area (Å²) in [5.41, 5.74) is 8.21. The first-order valence-electron chi connectivity index (χ1n) is 11.3. The largest absolute Gasteiger partial charge is 0.378 e. The topological polar surface area (TPSA) is 54.0 Å². The maximum absolute atomic E-state index is 5.56. The number of pyridine rings is 1. The van der Waals surface area contributed by atoms with Gasteiger partial charge < -0.3 is 14.6 Å². The van der Waals surface area contributed by atoms with Gasteiger partial charge in [-0.25, -0.2) is 4.98 Å². The maximum Gasteiger partial charge on any atom is 0.140 e. The quantitative estimate of drug-likeness (QED) is 0.478. The number of morpholine rings is 1. The van der Waals surface area contributed by atoms with Crippen molar-refractivity contribution in [2.75, 3.05) is 26.3 Å². The highest BCUT2D eigenvalue weighted by Crippen LogP contribution is 2.38. The molecular formula is C27H26N4O. The van der Waals surface area contributed by atoms with Crippen LogP contribution < -0.4 is 0 Å². The molecule has 2 aliphatic rings. The summed E-state index contributed by atoms with van der Waals surface area (Å²) in [7, 11) is 0. The predicted molar refractivity (Wildman–Crippen MR) is 128 cm³/mol. The molecule has 2 aromatic heterocycles. The van der Waals surface area contributed by atoms with Gasteiger partial charge in [0, 0.05) is 41.9 Å². The summed E-state index contributed by atoms with van der Waals surface area (Å²) in [5.74, 6) is 1.21. The van der Waals surface area contributed by atoms with Gasteiger partial charge >= 0.3 is 0 Å². The lowest BCUT2D eigenvalue weighted by molar-refractivity contribution is 0.0546. The highest BCUT2D eigenvalue weighted by molar-refractivity contribution is 5.86. The fourth-order valence-corrected chi connectivity index (χ4v) is 5.00. The molecular weight excluding hydrogens is 396 g/mol. The highest BCUT2D eigenvalue weighted by Gasteiger charge is 2.25. The zero-order valence-corrected chi connectivity index (χ0v) is 18.2.